The minimum atomic E-state index is -3.45. The highest BCUT2D eigenvalue weighted by molar-refractivity contribution is 7.89. The third-order valence-electron chi connectivity index (χ3n) is 0.700. The van der Waals surface area contributed by atoms with Crippen molar-refractivity contribution in [3.63, 3.8) is 0 Å². The van der Waals surface area contributed by atoms with E-state index < -0.39 is 22.0 Å². The van der Waals surface area contributed by atoms with Crippen LogP contribution in [0.3, 0.4) is 0 Å². The van der Waals surface area contributed by atoms with Gasteiger partial charge in [-0.05, 0) is 6.92 Å². The third kappa shape index (κ3) is 7.57. The number of hydrogen-bond donors (Lipinski definition) is 2. The number of nitrogens with two attached hydrogens (primary N) is 1. The highest BCUT2D eigenvalue weighted by Gasteiger charge is 2.11. The van der Waals surface area contributed by atoms with Crippen LogP contribution in [0.25, 0.3) is 0 Å². The average molecular weight is 203 g/mol. The summed E-state index contributed by atoms with van der Waals surface area (Å²) < 4.78 is 22.4. The number of carbonyl (C=O) groups excluding carboxylic acids is 1. The minimum Gasteiger partial charge on any atom is -0.320 e. The molecule has 0 fully saturated rings. The first-order valence-electron chi connectivity index (χ1n) is 2.60. The maximum atomic E-state index is 10.5. The van der Waals surface area contributed by atoms with Crippen LogP contribution in [-0.4, -0.2) is 26.6 Å². The van der Waals surface area contributed by atoms with Gasteiger partial charge in [0.25, 0.3) is 0 Å². The standard InChI is InChI=1S/C4H10N2O3S.ClH/c1-3(5)4(7)6-10(2,8)9;/h3H,5H2,1-2H3,(H,6,7);1H/t3-;/m1./s1. The zero-order chi connectivity index (χ0) is 8.36. The van der Waals surface area contributed by atoms with Crippen LogP contribution >= 0.6 is 12.4 Å². The molecule has 0 rings (SSSR count). The molecule has 3 N–H and O–H groups in total. The summed E-state index contributed by atoms with van der Waals surface area (Å²) in [6, 6.07) is -0.797. The molecule has 0 spiro atoms. The second-order valence-corrected chi connectivity index (χ2v) is 3.78. The van der Waals surface area contributed by atoms with E-state index in [1.807, 2.05) is 0 Å². The molecule has 0 aromatic rings. The second kappa shape index (κ2) is 4.53. The highest BCUT2D eigenvalue weighted by Crippen LogP contribution is 1.78. The van der Waals surface area contributed by atoms with Gasteiger partial charge in [0.15, 0.2) is 0 Å². The van der Waals surface area contributed by atoms with Gasteiger partial charge >= 0.3 is 0 Å². The van der Waals surface area contributed by atoms with Crippen LogP contribution in [0, 0.1) is 0 Å². The van der Waals surface area contributed by atoms with E-state index in [-0.39, 0.29) is 12.4 Å². The largest absolute Gasteiger partial charge is 0.320 e. The molecule has 0 aliphatic rings. The first-order chi connectivity index (χ1) is 4.33. The van der Waals surface area contributed by atoms with Crippen molar-refractivity contribution in [2.45, 2.75) is 13.0 Å². The fourth-order valence-corrected chi connectivity index (χ4v) is 0.827. The molecular weight excluding hydrogens is 192 g/mol. The van der Waals surface area contributed by atoms with Crippen LogP contribution in [0.2, 0.25) is 0 Å². The Morgan fingerprint density at radius 2 is 1.91 bits per heavy atom. The van der Waals surface area contributed by atoms with E-state index in [4.69, 9.17) is 5.73 Å². The van der Waals surface area contributed by atoms with Gasteiger partial charge < -0.3 is 5.73 Å². The minimum absolute atomic E-state index is 0. The lowest BCUT2D eigenvalue weighted by Crippen LogP contribution is -2.40. The smallest absolute Gasteiger partial charge is 0.250 e. The van der Waals surface area contributed by atoms with E-state index in [9.17, 15) is 13.2 Å². The maximum absolute atomic E-state index is 10.5. The van der Waals surface area contributed by atoms with Crippen molar-refractivity contribution in [3.8, 4) is 0 Å². The number of nitrogens with one attached hydrogen (secondary N) is 1. The summed E-state index contributed by atoms with van der Waals surface area (Å²) in [7, 11) is -3.45. The molecule has 0 radical (unpaired) electrons. The van der Waals surface area contributed by atoms with Crippen molar-refractivity contribution < 1.29 is 13.2 Å². The van der Waals surface area contributed by atoms with Crippen LogP contribution in [0.4, 0.5) is 0 Å². The summed E-state index contributed by atoms with van der Waals surface area (Å²) >= 11 is 0. The lowest BCUT2D eigenvalue weighted by atomic mass is 10.4. The summed E-state index contributed by atoms with van der Waals surface area (Å²) in [6.45, 7) is 1.40. The molecule has 0 saturated carbocycles. The predicted molar refractivity (Wildman–Crippen MR) is 43.9 cm³/mol. The van der Waals surface area contributed by atoms with Crippen molar-refractivity contribution in [2.24, 2.45) is 5.73 Å². The Morgan fingerprint density at radius 1 is 1.55 bits per heavy atom. The van der Waals surface area contributed by atoms with Crippen molar-refractivity contribution in [2.75, 3.05) is 6.26 Å². The molecule has 11 heavy (non-hydrogen) atoms. The summed E-state index contributed by atoms with van der Waals surface area (Å²) in [5.41, 5.74) is 5.07. The van der Waals surface area contributed by atoms with Gasteiger partial charge in [0, 0.05) is 0 Å². The predicted octanol–water partition coefficient (Wildman–Crippen LogP) is -1.17. The number of halogens is 1. The monoisotopic (exact) mass is 202 g/mol. The van der Waals surface area contributed by atoms with E-state index in [1.165, 1.54) is 6.92 Å². The molecule has 0 aromatic carbocycles. The maximum Gasteiger partial charge on any atom is 0.250 e. The SMILES string of the molecule is C[C@@H](N)C(=O)NS(C)(=O)=O.Cl. The van der Waals surface area contributed by atoms with Crippen LogP contribution < -0.4 is 10.5 Å². The Labute approximate surface area is 71.8 Å². The van der Waals surface area contributed by atoms with Crippen LogP contribution in [0.15, 0.2) is 0 Å². The van der Waals surface area contributed by atoms with E-state index >= 15 is 0 Å². The lowest BCUT2D eigenvalue weighted by molar-refractivity contribution is -0.120. The summed E-state index contributed by atoms with van der Waals surface area (Å²) in [5.74, 6) is -0.692. The second-order valence-electron chi connectivity index (χ2n) is 2.03. The fourth-order valence-electron chi connectivity index (χ4n) is 0.276. The van der Waals surface area contributed by atoms with E-state index in [0.717, 1.165) is 6.26 Å². The van der Waals surface area contributed by atoms with Crippen LogP contribution in [0.5, 0.6) is 0 Å². The molecule has 0 aromatic heterocycles. The number of sulfonamides is 1. The van der Waals surface area contributed by atoms with Gasteiger partial charge in [-0.1, -0.05) is 0 Å². The number of rotatable bonds is 2. The molecule has 68 valence electrons. The molecule has 0 aliphatic carbocycles. The van der Waals surface area contributed by atoms with Gasteiger partial charge in [-0.15, -0.1) is 12.4 Å². The molecule has 0 aliphatic heterocycles. The highest BCUT2D eigenvalue weighted by atomic mass is 35.5. The Kier molecular flexibility index (Phi) is 5.46. The topological polar surface area (TPSA) is 89.3 Å². The molecule has 0 saturated heterocycles. The van der Waals surface area contributed by atoms with Crippen molar-refractivity contribution in [3.05, 3.63) is 0 Å². The van der Waals surface area contributed by atoms with E-state index in [1.54, 1.807) is 4.72 Å². The van der Waals surface area contributed by atoms with E-state index in [2.05, 4.69) is 0 Å². The van der Waals surface area contributed by atoms with Gasteiger partial charge in [0.1, 0.15) is 0 Å². The Morgan fingerprint density at radius 3 is 2.00 bits per heavy atom. The Hall–Kier alpha value is -0.330. The zero-order valence-electron chi connectivity index (χ0n) is 6.20. The van der Waals surface area contributed by atoms with Crippen LogP contribution in [-0.2, 0) is 14.8 Å². The van der Waals surface area contributed by atoms with Gasteiger partial charge in [0.05, 0.1) is 12.3 Å². The average Bonchev–Trinajstić information content (AvgIpc) is 1.60. The van der Waals surface area contributed by atoms with Crippen molar-refractivity contribution in [1.82, 2.24) is 4.72 Å². The zero-order valence-corrected chi connectivity index (χ0v) is 7.83. The Balaban J connectivity index is 0. The van der Waals surface area contributed by atoms with E-state index in [0.29, 0.717) is 0 Å². The summed E-state index contributed by atoms with van der Waals surface area (Å²) in [5, 5.41) is 0. The molecule has 5 nitrogen and oxygen atoms in total. The number of hydrogen-bond acceptors (Lipinski definition) is 4. The van der Waals surface area contributed by atoms with Gasteiger partial charge in [-0.3, -0.25) is 9.52 Å². The molecule has 0 heterocycles. The molecule has 0 bridgehead atoms. The number of carbonyl (C=O) groups is 1. The Bertz CT molecular complexity index is 223. The quantitative estimate of drug-likeness (QED) is 0.591. The molecule has 1 amide bonds. The molecule has 7 heteroatoms. The molecule has 1 atom stereocenters. The molecule has 0 unspecified atom stereocenters. The van der Waals surface area contributed by atoms with Gasteiger partial charge in [0.2, 0.25) is 15.9 Å². The van der Waals surface area contributed by atoms with Gasteiger partial charge in [-0.25, -0.2) is 8.42 Å². The van der Waals surface area contributed by atoms with Crippen molar-refractivity contribution >= 4 is 28.3 Å². The van der Waals surface area contributed by atoms with Crippen molar-refractivity contribution in [1.29, 1.82) is 0 Å². The normalized spacial score (nSPS) is 13.0. The fraction of sp³-hybridized carbons (Fsp3) is 0.750. The first-order valence-corrected chi connectivity index (χ1v) is 4.49. The summed E-state index contributed by atoms with van der Waals surface area (Å²) in [4.78, 5) is 10.5. The lowest BCUT2D eigenvalue weighted by Gasteiger charge is -2.03. The van der Waals surface area contributed by atoms with Crippen LogP contribution in [0.1, 0.15) is 6.92 Å². The summed E-state index contributed by atoms with van der Waals surface area (Å²) in [6.07, 6.45) is 0.896. The van der Waals surface area contributed by atoms with Gasteiger partial charge in [-0.2, -0.15) is 0 Å². The first kappa shape index (κ1) is 13.3. The third-order valence-corrected chi connectivity index (χ3v) is 1.27. The molecular formula is C4H11ClN2O3S. The number of amides is 1.